The summed E-state index contributed by atoms with van der Waals surface area (Å²) in [5.74, 6) is -0.741. The topological polar surface area (TPSA) is 112 Å². The third kappa shape index (κ3) is 3.37. The minimum absolute atomic E-state index is 0.0734. The van der Waals surface area contributed by atoms with E-state index in [4.69, 9.17) is 0 Å². The summed E-state index contributed by atoms with van der Waals surface area (Å²) in [4.78, 5) is 22.2. The van der Waals surface area contributed by atoms with Crippen LogP contribution in [0.1, 0.15) is 15.9 Å². The lowest BCUT2D eigenvalue weighted by molar-refractivity contribution is -0.385. The second-order valence-electron chi connectivity index (χ2n) is 4.53. The Morgan fingerprint density at radius 3 is 2.86 bits per heavy atom. The number of ether oxygens (including phenoxy) is 1. The van der Waals surface area contributed by atoms with E-state index < -0.39 is 10.9 Å². The fraction of sp³-hybridized carbons (Fsp3) is 0.308. The Bertz CT molecular complexity index is 684. The smallest absolute Gasteiger partial charge is 0.344 e. The van der Waals surface area contributed by atoms with Crippen molar-refractivity contribution in [3.8, 4) is 0 Å². The van der Waals surface area contributed by atoms with Crippen molar-refractivity contribution in [2.45, 2.75) is 13.5 Å². The van der Waals surface area contributed by atoms with Gasteiger partial charge in [0, 0.05) is 24.0 Å². The van der Waals surface area contributed by atoms with Crippen LogP contribution < -0.4 is 5.32 Å². The van der Waals surface area contributed by atoms with Crippen molar-refractivity contribution in [2.75, 3.05) is 19.0 Å². The van der Waals surface area contributed by atoms with Crippen molar-refractivity contribution < 1.29 is 14.5 Å². The van der Waals surface area contributed by atoms with Gasteiger partial charge in [-0.1, -0.05) is 5.21 Å². The molecular formula is C13H15N5O4. The number of methoxy groups -OCH3 is 1. The van der Waals surface area contributed by atoms with Crippen LogP contribution in [0.3, 0.4) is 0 Å². The molecule has 22 heavy (non-hydrogen) atoms. The molecule has 2 rings (SSSR count). The standard InChI is InChI=1S/C13H15N5O4/c1-9-7-10(14-3-5-17-6-4-15-16-17)8-11(13(19)22-2)12(9)18(20)21/h4,6-8,14H,3,5H2,1-2H3. The number of rotatable bonds is 6. The van der Waals surface area contributed by atoms with Gasteiger partial charge in [0.2, 0.25) is 0 Å². The Hall–Kier alpha value is -2.97. The lowest BCUT2D eigenvalue weighted by Crippen LogP contribution is -2.13. The minimum atomic E-state index is -0.741. The number of carbonyl (C=O) groups excluding carboxylic acids is 1. The zero-order valence-electron chi connectivity index (χ0n) is 12.1. The molecule has 0 aliphatic heterocycles. The Labute approximate surface area is 126 Å². The van der Waals surface area contributed by atoms with E-state index in [9.17, 15) is 14.9 Å². The molecular weight excluding hydrogens is 290 g/mol. The Balaban J connectivity index is 2.20. The molecule has 2 aromatic rings. The number of anilines is 1. The molecule has 0 atom stereocenters. The molecule has 1 aromatic carbocycles. The van der Waals surface area contributed by atoms with Crippen molar-refractivity contribution in [3.63, 3.8) is 0 Å². The fourth-order valence-electron chi connectivity index (χ4n) is 2.06. The van der Waals surface area contributed by atoms with Gasteiger partial charge in [0.05, 0.1) is 24.8 Å². The fourth-order valence-corrected chi connectivity index (χ4v) is 2.06. The van der Waals surface area contributed by atoms with E-state index in [1.165, 1.54) is 13.2 Å². The van der Waals surface area contributed by atoms with Crippen LogP contribution in [-0.2, 0) is 11.3 Å². The van der Waals surface area contributed by atoms with E-state index in [2.05, 4.69) is 20.4 Å². The maximum Gasteiger partial charge on any atom is 0.344 e. The first-order valence-electron chi connectivity index (χ1n) is 6.48. The van der Waals surface area contributed by atoms with Crippen molar-refractivity contribution >= 4 is 17.3 Å². The molecule has 1 aromatic heterocycles. The maximum absolute atomic E-state index is 11.7. The van der Waals surface area contributed by atoms with Crippen molar-refractivity contribution in [1.82, 2.24) is 15.0 Å². The van der Waals surface area contributed by atoms with Crippen LogP contribution in [0.2, 0.25) is 0 Å². The predicted molar refractivity (Wildman–Crippen MR) is 77.7 cm³/mol. The van der Waals surface area contributed by atoms with Gasteiger partial charge in [0.1, 0.15) is 5.56 Å². The minimum Gasteiger partial charge on any atom is -0.465 e. The quantitative estimate of drug-likeness (QED) is 0.487. The van der Waals surface area contributed by atoms with Gasteiger partial charge in [-0.15, -0.1) is 5.10 Å². The average molecular weight is 305 g/mol. The van der Waals surface area contributed by atoms with Gasteiger partial charge in [-0.2, -0.15) is 0 Å². The number of nitro benzene ring substituents is 1. The van der Waals surface area contributed by atoms with Crippen LogP contribution in [-0.4, -0.2) is 39.5 Å². The molecule has 1 N–H and O–H groups in total. The summed E-state index contributed by atoms with van der Waals surface area (Å²) < 4.78 is 6.25. The summed E-state index contributed by atoms with van der Waals surface area (Å²) in [5.41, 5.74) is 0.671. The highest BCUT2D eigenvalue weighted by atomic mass is 16.6. The number of nitrogens with one attached hydrogen (secondary N) is 1. The van der Waals surface area contributed by atoms with Gasteiger partial charge in [-0.3, -0.25) is 14.8 Å². The highest BCUT2D eigenvalue weighted by molar-refractivity contribution is 5.95. The first-order chi connectivity index (χ1) is 10.5. The van der Waals surface area contributed by atoms with Crippen LogP contribution in [0, 0.1) is 17.0 Å². The molecule has 116 valence electrons. The molecule has 0 unspecified atom stereocenters. The van der Waals surface area contributed by atoms with Crippen molar-refractivity contribution in [1.29, 1.82) is 0 Å². The third-order valence-electron chi connectivity index (χ3n) is 3.03. The van der Waals surface area contributed by atoms with Gasteiger partial charge >= 0.3 is 5.97 Å². The summed E-state index contributed by atoms with van der Waals surface area (Å²) in [7, 11) is 1.19. The maximum atomic E-state index is 11.7. The van der Waals surface area contributed by atoms with Crippen LogP contribution in [0.5, 0.6) is 0 Å². The normalized spacial score (nSPS) is 10.3. The van der Waals surface area contributed by atoms with E-state index in [-0.39, 0.29) is 11.3 Å². The Morgan fingerprint density at radius 1 is 1.50 bits per heavy atom. The first kappa shape index (κ1) is 15.4. The number of aryl methyl sites for hydroxylation is 1. The second-order valence-corrected chi connectivity index (χ2v) is 4.53. The van der Waals surface area contributed by atoms with Crippen LogP contribution in [0.15, 0.2) is 24.5 Å². The number of benzene rings is 1. The van der Waals surface area contributed by atoms with E-state index in [0.29, 0.717) is 24.3 Å². The molecule has 0 fully saturated rings. The number of carbonyl (C=O) groups is 1. The molecule has 0 spiro atoms. The second kappa shape index (κ2) is 6.66. The summed E-state index contributed by atoms with van der Waals surface area (Å²) in [6.07, 6.45) is 3.30. The lowest BCUT2D eigenvalue weighted by atomic mass is 10.1. The predicted octanol–water partition coefficient (Wildman–Crippen LogP) is 1.39. The first-order valence-corrected chi connectivity index (χ1v) is 6.48. The zero-order valence-corrected chi connectivity index (χ0v) is 12.1. The molecule has 0 bridgehead atoms. The molecule has 0 amide bonds. The molecule has 0 saturated carbocycles. The summed E-state index contributed by atoms with van der Waals surface area (Å²) in [6.45, 7) is 2.68. The SMILES string of the molecule is COC(=O)c1cc(NCCn2ccnn2)cc(C)c1[N+](=O)[O-]. The van der Waals surface area contributed by atoms with E-state index >= 15 is 0 Å². The summed E-state index contributed by atoms with van der Waals surface area (Å²) in [5, 5.41) is 21.7. The Morgan fingerprint density at radius 2 is 2.27 bits per heavy atom. The summed E-state index contributed by atoms with van der Waals surface area (Å²) >= 11 is 0. The van der Waals surface area contributed by atoms with Gasteiger partial charge in [-0.25, -0.2) is 4.79 Å². The number of nitro groups is 1. The molecule has 0 aliphatic carbocycles. The lowest BCUT2D eigenvalue weighted by Gasteiger charge is -2.10. The van der Waals surface area contributed by atoms with Crippen molar-refractivity contribution in [2.24, 2.45) is 0 Å². The van der Waals surface area contributed by atoms with Gasteiger partial charge < -0.3 is 10.1 Å². The number of nitrogens with zero attached hydrogens (tertiary/aromatic N) is 4. The zero-order chi connectivity index (χ0) is 16.1. The molecule has 0 saturated heterocycles. The molecule has 9 nitrogen and oxygen atoms in total. The number of aromatic nitrogens is 3. The number of hydrogen-bond acceptors (Lipinski definition) is 7. The van der Waals surface area contributed by atoms with Crippen LogP contribution in [0.25, 0.3) is 0 Å². The van der Waals surface area contributed by atoms with Gasteiger partial charge in [0.15, 0.2) is 0 Å². The van der Waals surface area contributed by atoms with Gasteiger partial charge in [-0.05, 0) is 19.1 Å². The Kier molecular flexibility index (Phi) is 4.66. The number of esters is 1. The van der Waals surface area contributed by atoms with Crippen molar-refractivity contribution in [3.05, 3.63) is 45.8 Å². The average Bonchev–Trinajstić information content (AvgIpc) is 2.98. The van der Waals surface area contributed by atoms with E-state index in [1.807, 2.05) is 0 Å². The molecule has 0 radical (unpaired) electrons. The van der Waals surface area contributed by atoms with Crippen LogP contribution >= 0.6 is 0 Å². The van der Waals surface area contributed by atoms with E-state index in [0.717, 1.165) is 0 Å². The highest BCUT2D eigenvalue weighted by Gasteiger charge is 2.24. The van der Waals surface area contributed by atoms with Crippen LogP contribution in [0.4, 0.5) is 11.4 Å². The molecule has 9 heteroatoms. The molecule has 0 aliphatic rings. The highest BCUT2D eigenvalue weighted by Crippen LogP contribution is 2.28. The van der Waals surface area contributed by atoms with E-state index in [1.54, 1.807) is 30.1 Å². The van der Waals surface area contributed by atoms with Gasteiger partial charge in [0.25, 0.3) is 5.69 Å². The largest absolute Gasteiger partial charge is 0.465 e. The third-order valence-corrected chi connectivity index (χ3v) is 3.03. The molecule has 1 heterocycles. The summed E-state index contributed by atoms with van der Waals surface area (Å²) in [6, 6.07) is 3.03. The number of hydrogen-bond donors (Lipinski definition) is 1. The monoisotopic (exact) mass is 305 g/mol.